The van der Waals surface area contributed by atoms with Crippen molar-refractivity contribution in [3.8, 4) is 11.5 Å². The van der Waals surface area contributed by atoms with E-state index in [1.54, 1.807) is 24.3 Å². The van der Waals surface area contributed by atoms with Gasteiger partial charge in [0.2, 0.25) is 0 Å². The Morgan fingerprint density at radius 1 is 1.21 bits per heavy atom. The standard InChI is InChI=1S/C13H9BrClNO3/c14-8-9-4-5-12(7-13(9)15)19-11-3-1-2-10(6-11)16(17)18/h1-7H,8H2. The maximum atomic E-state index is 10.7. The van der Waals surface area contributed by atoms with Gasteiger partial charge in [0.05, 0.1) is 11.0 Å². The number of ether oxygens (including phenoxy) is 1. The molecule has 19 heavy (non-hydrogen) atoms. The van der Waals surface area contributed by atoms with E-state index in [2.05, 4.69) is 15.9 Å². The third-order valence-corrected chi connectivity index (χ3v) is 3.39. The van der Waals surface area contributed by atoms with Crippen LogP contribution in [0.1, 0.15) is 5.56 Å². The van der Waals surface area contributed by atoms with Crippen molar-refractivity contribution in [2.75, 3.05) is 0 Å². The highest BCUT2D eigenvalue weighted by Crippen LogP contribution is 2.29. The highest BCUT2D eigenvalue weighted by atomic mass is 79.9. The number of hydrogen-bond acceptors (Lipinski definition) is 3. The maximum Gasteiger partial charge on any atom is 0.273 e. The Hall–Kier alpha value is -1.59. The lowest BCUT2D eigenvalue weighted by molar-refractivity contribution is -0.384. The summed E-state index contributed by atoms with van der Waals surface area (Å²) < 4.78 is 5.55. The number of alkyl halides is 1. The van der Waals surface area contributed by atoms with Gasteiger partial charge in [0.15, 0.2) is 0 Å². The van der Waals surface area contributed by atoms with Crippen LogP contribution >= 0.6 is 27.5 Å². The van der Waals surface area contributed by atoms with Gasteiger partial charge in [0.1, 0.15) is 11.5 Å². The van der Waals surface area contributed by atoms with Crippen molar-refractivity contribution < 1.29 is 9.66 Å². The van der Waals surface area contributed by atoms with Gasteiger partial charge in [0.25, 0.3) is 5.69 Å². The molecule has 0 aliphatic carbocycles. The van der Waals surface area contributed by atoms with Gasteiger partial charge in [-0.05, 0) is 23.8 Å². The van der Waals surface area contributed by atoms with Crippen LogP contribution in [-0.4, -0.2) is 4.92 Å². The van der Waals surface area contributed by atoms with E-state index in [0.29, 0.717) is 21.9 Å². The van der Waals surface area contributed by atoms with Crippen molar-refractivity contribution >= 4 is 33.2 Å². The predicted octanol–water partition coefficient (Wildman–Crippen LogP) is 4.94. The zero-order valence-corrected chi connectivity index (χ0v) is 12.0. The van der Waals surface area contributed by atoms with Crippen molar-refractivity contribution in [3.05, 3.63) is 63.2 Å². The molecule has 0 bridgehead atoms. The number of rotatable bonds is 4. The van der Waals surface area contributed by atoms with Crippen LogP contribution in [0.15, 0.2) is 42.5 Å². The summed E-state index contributed by atoms with van der Waals surface area (Å²) >= 11 is 9.38. The van der Waals surface area contributed by atoms with Gasteiger partial charge in [0, 0.05) is 16.4 Å². The predicted molar refractivity (Wildman–Crippen MR) is 77.3 cm³/mol. The minimum atomic E-state index is -0.465. The van der Waals surface area contributed by atoms with Crippen LogP contribution in [0, 0.1) is 10.1 Å². The Morgan fingerprint density at radius 2 is 1.95 bits per heavy atom. The van der Waals surface area contributed by atoms with Crippen LogP contribution in [0.4, 0.5) is 5.69 Å². The minimum absolute atomic E-state index is 0.0133. The summed E-state index contributed by atoms with van der Waals surface area (Å²) in [6.45, 7) is 0. The van der Waals surface area contributed by atoms with E-state index in [1.165, 1.54) is 12.1 Å². The van der Waals surface area contributed by atoms with Crippen molar-refractivity contribution in [2.24, 2.45) is 0 Å². The summed E-state index contributed by atoms with van der Waals surface area (Å²) in [4.78, 5) is 10.2. The summed E-state index contributed by atoms with van der Waals surface area (Å²) in [6.07, 6.45) is 0. The molecule has 0 atom stereocenters. The fraction of sp³-hybridized carbons (Fsp3) is 0.0769. The van der Waals surface area contributed by atoms with Crippen LogP contribution in [0.3, 0.4) is 0 Å². The molecule has 4 nitrogen and oxygen atoms in total. The highest BCUT2D eigenvalue weighted by molar-refractivity contribution is 9.08. The molecular weight excluding hydrogens is 334 g/mol. The van der Waals surface area contributed by atoms with Crippen LogP contribution < -0.4 is 4.74 Å². The van der Waals surface area contributed by atoms with Gasteiger partial charge < -0.3 is 4.74 Å². The summed E-state index contributed by atoms with van der Waals surface area (Å²) in [5, 5.41) is 11.9. The summed E-state index contributed by atoms with van der Waals surface area (Å²) in [7, 11) is 0. The molecular formula is C13H9BrClNO3. The smallest absolute Gasteiger partial charge is 0.273 e. The van der Waals surface area contributed by atoms with E-state index in [-0.39, 0.29) is 5.69 Å². The molecule has 0 saturated carbocycles. The van der Waals surface area contributed by atoms with Crippen LogP contribution in [0.25, 0.3) is 0 Å². The van der Waals surface area contributed by atoms with E-state index in [1.807, 2.05) is 6.07 Å². The first-order valence-corrected chi connectivity index (χ1v) is 6.87. The van der Waals surface area contributed by atoms with Gasteiger partial charge in [-0.1, -0.05) is 39.7 Å². The fourth-order valence-corrected chi connectivity index (χ4v) is 2.38. The van der Waals surface area contributed by atoms with E-state index < -0.39 is 4.92 Å². The molecule has 0 spiro atoms. The molecule has 0 aromatic heterocycles. The molecule has 0 aliphatic heterocycles. The normalized spacial score (nSPS) is 10.2. The number of halogens is 2. The molecule has 2 rings (SSSR count). The molecule has 2 aromatic rings. The Bertz CT molecular complexity index is 619. The SMILES string of the molecule is O=[N+]([O-])c1cccc(Oc2ccc(CBr)c(Cl)c2)c1. The Morgan fingerprint density at radius 3 is 2.58 bits per heavy atom. The summed E-state index contributed by atoms with van der Waals surface area (Å²) in [5.41, 5.74) is 0.939. The second kappa shape index (κ2) is 6.04. The number of nitrogens with zero attached hydrogens (tertiary/aromatic N) is 1. The molecule has 6 heteroatoms. The minimum Gasteiger partial charge on any atom is -0.457 e. The molecule has 2 aromatic carbocycles. The van der Waals surface area contributed by atoms with Gasteiger partial charge >= 0.3 is 0 Å². The third kappa shape index (κ3) is 3.45. The molecule has 0 aliphatic rings. The van der Waals surface area contributed by atoms with Gasteiger partial charge in [-0.3, -0.25) is 10.1 Å². The van der Waals surface area contributed by atoms with E-state index in [9.17, 15) is 10.1 Å². The van der Waals surface area contributed by atoms with E-state index >= 15 is 0 Å². The lowest BCUT2D eigenvalue weighted by atomic mass is 10.2. The van der Waals surface area contributed by atoms with Gasteiger partial charge in [-0.2, -0.15) is 0 Å². The topological polar surface area (TPSA) is 52.4 Å². The number of benzene rings is 2. The van der Waals surface area contributed by atoms with Crippen molar-refractivity contribution in [1.29, 1.82) is 0 Å². The highest BCUT2D eigenvalue weighted by Gasteiger charge is 2.08. The monoisotopic (exact) mass is 341 g/mol. The van der Waals surface area contributed by atoms with Gasteiger partial charge in [-0.15, -0.1) is 0 Å². The first-order valence-electron chi connectivity index (χ1n) is 5.37. The molecule has 0 amide bonds. The van der Waals surface area contributed by atoms with Gasteiger partial charge in [-0.25, -0.2) is 0 Å². The van der Waals surface area contributed by atoms with Crippen LogP contribution in [0.2, 0.25) is 5.02 Å². The van der Waals surface area contributed by atoms with Crippen molar-refractivity contribution in [1.82, 2.24) is 0 Å². The number of hydrogen-bond donors (Lipinski definition) is 0. The second-order valence-corrected chi connectivity index (χ2v) is 4.71. The van der Waals surface area contributed by atoms with E-state index in [0.717, 1.165) is 5.56 Å². The second-order valence-electron chi connectivity index (χ2n) is 3.74. The largest absolute Gasteiger partial charge is 0.457 e. The Labute approximate surface area is 123 Å². The molecule has 0 fully saturated rings. The zero-order chi connectivity index (χ0) is 13.8. The molecule has 0 unspecified atom stereocenters. The Kier molecular flexibility index (Phi) is 4.39. The lowest BCUT2D eigenvalue weighted by Gasteiger charge is -2.07. The molecule has 98 valence electrons. The number of nitro groups is 1. The number of non-ortho nitro benzene ring substituents is 1. The summed E-state index contributed by atoms with van der Waals surface area (Å²) in [5.74, 6) is 0.937. The molecule has 0 N–H and O–H groups in total. The first-order chi connectivity index (χ1) is 9.10. The zero-order valence-electron chi connectivity index (χ0n) is 9.68. The van der Waals surface area contributed by atoms with Crippen molar-refractivity contribution in [3.63, 3.8) is 0 Å². The van der Waals surface area contributed by atoms with Crippen molar-refractivity contribution in [2.45, 2.75) is 5.33 Å². The average molecular weight is 343 g/mol. The molecule has 0 radical (unpaired) electrons. The summed E-state index contributed by atoms with van der Waals surface area (Å²) in [6, 6.07) is 11.3. The molecule has 0 heterocycles. The van der Waals surface area contributed by atoms with Crippen LogP contribution in [0.5, 0.6) is 11.5 Å². The maximum absolute atomic E-state index is 10.7. The van der Waals surface area contributed by atoms with Crippen LogP contribution in [-0.2, 0) is 5.33 Å². The third-order valence-electron chi connectivity index (χ3n) is 2.43. The number of nitro benzene ring substituents is 1. The molecule has 0 saturated heterocycles. The Balaban J connectivity index is 2.23. The first kappa shape index (κ1) is 13.8. The fourth-order valence-electron chi connectivity index (χ4n) is 1.50. The quantitative estimate of drug-likeness (QED) is 0.449. The lowest BCUT2D eigenvalue weighted by Crippen LogP contribution is -1.90. The average Bonchev–Trinajstić information content (AvgIpc) is 2.39. The van der Waals surface area contributed by atoms with E-state index in [4.69, 9.17) is 16.3 Å².